The van der Waals surface area contributed by atoms with Gasteiger partial charge in [-0.15, -0.1) is 0 Å². The van der Waals surface area contributed by atoms with Gasteiger partial charge in [-0.05, 0) is 43.7 Å². The lowest BCUT2D eigenvalue weighted by Gasteiger charge is -2.14. The molecule has 0 amide bonds. The van der Waals surface area contributed by atoms with Crippen LogP contribution in [0.1, 0.15) is 24.9 Å². The summed E-state index contributed by atoms with van der Waals surface area (Å²) >= 11 is 0. The summed E-state index contributed by atoms with van der Waals surface area (Å²) in [7, 11) is 0. The average Bonchev–Trinajstić information content (AvgIpc) is 3.10. The average molecular weight is 285 g/mol. The third-order valence-electron chi connectivity index (χ3n) is 3.61. The maximum atomic E-state index is 11.3. The van der Waals surface area contributed by atoms with Crippen molar-refractivity contribution in [2.75, 3.05) is 6.54 Å². The summed E-state index contributed by atoms with van der Waals surface area (Å²) in [5.74, 6) is 0. The molecule has 1 atom stereocenters. The molecule has 21 heavy (non-hydrogen) atoms. The molecule has 3 aromatic rings. The summed E-state index contributed by atoms with van der Waals surface area (Å²) in [6.45, 7) is 3.96. The van der Waals surface area contributed by atoms with Gasteiger partial charge in [-0.25, -0.2) is 4.79 Å². The van der Waals surface area contributed by atoms with Gasteiger partial charge in [0, 0.05) is 25.0 Å². The minimum atomic E-state index is -0.165. The molecule has 0 aliphatic rings. The van der Waals surface area contributed by atoms with Gasteiger partial charge in [0.25, 0.3) is 0 Å². The van der Waals surface area contributed by atoms with Crippen LogP contribution in [0, 0.1) is 0 Å². The van der Waals surface area contributed by atoms with Crippen LogP contribution >= 0.6 is 0 Å². The largest absolute Gasteiger partial charge is 0.323 e. The molecule has 0 saturated carbocycles. The van der Waals surface area contributed by atoms with Gasteiger partial charge in [0.05, 0.1) is 11.0 Å². The highest BCUT2D eigenvalue weighted by atomic mass is 16.1. The first-order valence-corrected chi connectivity index (χ1v) is 7.15. The summed E-state index contributed by atoms with van der Waals surface area (Å²) in [4.78, 5) is 16.8. The second-order valence-electron chi connectivity index (χ2n) is 5.18. The predicted molar refractivity (Wildman–Crippen MR) is 82.2 cm³/mol. The van der Waals surface area contributed by atoms with Crippen LogP contribution in [0.5, 0.6) is 0 Å². The Labute approximate surface area is 122 Å². The van der Waals surface area contributed by atoms with Crippen molar-refractivity contribution < 1.29 is 0 Å². The third kappa shape index (κ3) is 3.22. The fraction of sp³-hybridized carbons (Fsp3) is 0.333. The van der Waals surface area contributed by atoms with Gasteiger partial charge in [0.1, 0.15) is 0 Å². The van der Waals surface area contributed by atoms with Gasteiger partial charge in [0.2, 0.25) is 0 Å². The number of nitrogens with zero attached hydrogens (tertiary/aromatic N) is 2. The molecule has 3 rings (SSSR count). The van der Waals surface area contributed by atoms with Crippen LogP contribution in [-0.2, 0) is 6.54 Å². The number of nitrogens with one attached hydrogen (secondary N) is 3. The van der Waals surface area contributed by atoms with E-state index in [4.69, 9.17) is 0 Å². The van der Waals surface area contributed by atoms with Gasteiger partial charge in [-0.2, -0.15) is 5.10 Å². The van der Waals surface area contributed by atoms with E-state index in [0.717, 1.165) is 36.1 Å². The molecule has 0 aliphatic heterocycles. The van der Waals surface area contributed by atoms with Crippen molar-refractivity contribution in [3.05, 3.63) is 52.7 Å². The molecule has 1 aromatic carbocycles. The minimum Gasteiger partial charge on any atom is -0.310 e. The monoisotopic (exact) mass is 285 g/mol. The number of rotatable bonds is 6. The van der Waals surface area contributed by atoms with E-state index < -0.39 is 0 Å². The van der Waals surface area contributed by atoms with Gasteiger partial charge in [0.15, 0.2) is 0 Å². The summed E-state index contributed by atoms with van der Waals surface area (Å²) < 4.78 is 1.93. The van der Waals surface area contributed by atoms with Crippen LogP contribution in [-0.4, -0.2) is 26.3 Å². The van der Waals surface area contributed by atoms with Crippen LogP contribution in [0.15, 0.2) is 41.5 Å². The molecule has 3 N–H and O–H groups in total. The van der Waals surface area contributed by atoms with Crippen LogP contribution < -0.4 is 11.0 Å². The number of hydrogen-bond acceptors (Lipinski definition) is 3. The number of imidazole rings is 1. The number of benzene rings is 1. The zero-order chi connectivity index (χ0) is 14.7. The van der Waals surface area contributed by atoms with Crippen LogP contribution in [0.4, 0.5) is 0 Å². The van der Waals surface area contributed by atoms with Gasteiger partial charge < -0.3 is 15.3 Å². The highest BCUT2D eigenvalue weighted by Crippen LogP contribution is 2.16. The molecule has 0 radical (unpaired) electrons. The van der Waals surface area contributed by atoms with E-state index in [9.17, 15) is 4.79 Å². The zero-order valence-corrected chi connectivity index (χ0v) is 12.0. The molecule has 2 heterocycles. The molecule has 1 unspecified atom stereocenters. The zero-order valence-electron chi connectivity index (χ0n) is 12.0. The Balaban J connectivity index is 1.56. The minimum absolute atomic E-state index is 0.165. The maximum absolute atomic E-state index is 11.3. The first kappa shape index (κ1) is 13.6. The summed E-state index contributed by atoms with van der Waals surface area (Å²) in [6.07, 6.45) is 4.79. The molecule has 0 bridgehead atoms. The molecule has 6 heteroatoms. The first-order valence-electron chi connectivity index (χ1n) is 7.15. The van der Waals surface area contributed by atoms with Crippen molar-refractivity contribution in [1.29, 1.82) is 0 Å². The van der Waals surface area contributed by atoms with Crippen LogP contribution in [0.2, 0.25) is 0 Å². The molecule has 110 valence electrons. The summed E-state index contributed by atoms with van der Waals surface area (Å²) in [5, 5.41) is 7.67. The van der Waals surface area contributed by atoms with E-state index in [0.29, 0.717) is 0 Å². The second-order valence-corrected chi connectivity index (χ2v) is 5.18. The van der Waals surface area contributed by atoms with E-state index in [-0.39, 0.29) is 11.7 Å². The molecule has 0 aliphatic carbocycles. The van der Waals surface area contributed by atoms with E-state index in [1.807, 2.05) is 35.1 Å². The maximum Gasteiger partial charge on any atom is 0.323 e. The normalized spacial score (nSPS) is 12.8. The van der Waals surface area contributed by atoms with E-state index >= 15 is 0 Å². The SMILES string of the molecule is CC(NCCCn1cccn1)c1ccc2[nH]c(=O)[nH]c2c1. The fourth-order valence-corrected chi connectivity index (χ4v) is 2.43. The van der Waals surface area contributed by atoms with Crippen molar-refractivity contribution in [1.82, 2.24) is 25.1 Å². The number of aromatic amines is 2. The lowest BCUT2D eigenvalue weighted by molar-refractivity contribution is 0.507. The summed E-state index contributed by atoms with van der Waals surface area (Å²) in [6, 6.07) is 8.16. The quantitative estimate of drug-likeness (QED) is 0.604. The first-order chi connectivity index (χ1) is 10.2. The van der Waals surface area contributed by atoms with Gasteiger partial charge in [-0.1, -0.05) is 6.07 Å². The lowest BCUT2D eigenvalue weighted by Crippen LogP contribution is -2.21. The molecule has 6 nitrogen and oxygen atoms in total. The van der Waals surface area contributed by atoms with Crippen molar-refractivity contribution in [3.63, 3.8) is 0 Å². The number of aryl methyl sites for hydroxylation is 1. The molecular formula is C15H19N5O. The Bertz CT molecular complexity index is 756. The van der Waals surface area contributed by atoms with E-state index in [2.05, 4.69) is 27.3 Å². The number of hydrogen-bond donors (Lipinski definition) is 3. The number of H-pyrrole nitrogens is 2. The van der Waals surface area contributed by atoms with Gasteiger partial charge >= 0.3 is 5.69 Å². The topological polar surface area (TPSA) is 78.5 Å². The lowest BCUT2D eigenvalue weighted by atomic mass is 10.1. The summed E-state index contributed by atoms with van der Waals surface area (Å²) in [5.41, 5.74) is 2.69. The van der Waals surface area contributed by atoms with Crippen LogP contribution in [0.25, 0.3) is 11.0 Å². The Kier molecular flexibility index (Phi) is 3.87. The second kappa shape index (κ2) is 5.97. The van der Waals surface area contributed by atoms with Crippen molar-refractivity contribution >= 4 is 11.0 Å². The smallest absolute Gasteiger partial charge is 0.310 e. The van der Waals surface area contributed by atoms with Crippen molar-refractivity contribution in [2.24, 2.45) is 0 Å². The molecule has 0 saturated heterocycles. The fourth-order valence-electron chi connectivity index (χ4n) is 2.43. The number of aromatic nitrogens is 4. The van der Waals surface area contributed by atoms with Gasteiger partial charge in [-0.3, -0.25) is 4.68 Å². The van der Waals surface area contributed by atoms with Crippen molar-refractivity contribution in [2.45, 2.75) is 25.9 Å². The Morgan fingerprint density at radius 2 is 2.19 bits per heavy atom. The van der Waals surface area contributed by atoms with E-state index in [1.54, 1.807) is 6.20 Å². The van der Waals surface area contributed by atoms with E-state index in [1.165, 1.54) is 0 Å². The predicted octanol–water partition coefficient (Wildman–Crippen LogP) is 1.79. The Morgan fingerprint density at radius 3 is 3.00 bits per heavy atom. The Hall–Kier alpha value is -2.34. The van der Waals surface area contributed by atoms with Crippen LogP contribution in [0.3, 0.4) is 0 Å². The molecule has 0 fully saturated rings. The molecule has 0 spiro atoms. The highest BCUT2D eigenvalue weighted by molar-refractivity contribution is 5.75. The highest BCUT2D eigenvalue weighted by Gasteiger charge is 2.06. The Morgan fingerprint density at radius 1 is 1.33 bits per heavy atom. The number of fused-ring (bicyclic) bond motifs is 1. The third-order valence-corrected chi connectivity index (χ3v) is 3.61. The standard InChI is InChI=1S/C15H19N5O/c1-11(16-6-2-8-20-9-3-7-17-20)12-4-5-13-14(10-12)19-15(21)18-13/h3-5,7,9-11,16H,2,6,8H2,1H3,(H2,18,19,21). The van der Waals surface area contributed by atoms with Crippen molar-refractivity contribution in [3.8, 4) is 0 Å². The molecular weight excluding hydrogens is 266 g/mol. The molecule has 2 aromatic heterocycles.